The monoisotopic (exact) mass is 331 g/mol. The molecule has 1 aromatic heterocycles. The number of hydrogen-bond acceptors (Lipinski definition) is 6. The van der Waals surface area contributed by atoms with E-state index in [4.69, 9.17) is 14.7 Å². The van der Waals surface area contributed by atoms with E-state index in [-0.39, 0.29) is 0 Å². The average Bonchev–Trinajstić information content (AvgIpc) is 2.96. The quantitative estimate of drug-likeness (QED) is 0.818. The molecule has 4 heterocycles. The lowest BCUT2D eigenvalue weighted by atomic mass is 10.1. The van der Waals surface area contributed by atoms with Crippen molar-refractivity contribution < 1.29 is 4.74 Å². The van der Waals surface area contributed by atoms with Crippen LogP contribution in [0.2, 0.25) is 0 Å². The molecular weight excluding hydrogens is 302 g/mol. The van der Waals surface area contributed by atoms with E-state index in [0.717, 1.165) is 63.4 Å². The van der Waals surface area contributed by atoms with Crippen molar-refractivity contribution in [1.82, 2.24) is 14.9 Å². The fourth-order valence-corrected chi connectivity index (χ4v) is 4.19. The van der Waals surface area contributed by atoms with Crippen LogP contribution >= 0.6 is 0 Å². The Morgan fingerprint density at radius 2 is 1.75 bits per heavy atom. The lowest BCUT2D eigenvalue weighted by molar-refractivity contribution is 0.0929. The lowest BCUT2D eigenvalue weighted by Gasteiger charge is -2.32. The number of fused-ring (bicyclic) bond motifs is 3. The molecule has 0 unspecified atom stereocenters. The van der Waals surface area contributed by atoms with Crippen molar-refractivity contribution in [2.75, 3.05) is 62.8 Å². The number of likely N-dealkylation sites (N-methyl/N-ethyl adjacent to an activating group) is 1. The van der Waals surface area contributed by atoms with E-state index in [1.165, 1.54) is 18.4 Å². The van der Waals surface area contributed by atoms with Crippen LogP contribution in [0.1, 0.15) is 24.1 Å². The zero-order valence-electron chi connectivity index (χ0n) is 15.2. The van der Waals surface area contributed by atoms with Gasteiger partial charge in [-0.15, -0.1) is 0 Å². The molecule has 3 aliphatic rings. The maximum Gasteiger partial charge on any atom is 0.227 e. The van der Waals surface area contributed by atoms with Crippen LogP contribution in [-0.2, 0) is 4.74 Å². The Bertz CT molecular complexity index is 601. The molecular formula is C18H29N5O. The molecule has 3 aliphatic heterocycles. The Kier molecular flexibility index (Phi) is 4.35. The van der Waals surface area contributed by atoms with E-state index in [9.17, 15) is 0 Å². The predicted molar refractivity (Wildman–Crippen MR) is 95.9 cm³/mol. The van der Waals surface area contributed by atoms with Gasteiger partial charge in [0.1, 0.15) is 5.82 Å². The summed E-state index contributed by atoms with van der Waals surface area (Å²) in [6, 6.07) is 0.447. The van der Waals surface area contributed by atoms with Gasteiger partial charge >= 0.3 is 0 Å². The van der Waals surface area contributed by atoms with Gasteiger partial charge in [-0.3, -0.25) is 4.90 Å². The summed E-state index contributed by atoms with van der Waals surface area (Å²) in [5.41, 5.74) is 2.34. The van der Waals surface area contributed by atoms with Crippen LogP contribution in [-0.4, -0.2) is 73.9 Å². The third kappa shape index (κ3) is 2.97. The number of hydrogen-bond donors (Lipinski definition) is 0. The summed E-state index contributed by atoms with van der Waals surface area (Å²) in [7, 11) is 2.23. The fourth-order valence-electron chi connectivity index (χ4n) is 4.19. The van der Waals surface area contributed by atoms with Gasteiger partial charge in [-0.1, -0.05) is 0 Å². The first-order valence-corrected chi connectivity index (χ1v) is 9.25. The largest absolute Gasteiger partial charge is 0.379 e. The van der Waals surface area contributed by atoms with Crippen molar-refractivity contribution in [2.45, 2.75) is 32.7 Å². The summed E-state index contributed by atoms with van der Waals surface area (Å²) in [6.07, 6.45) is 2.50. The van der Waals surface area contributed by atoms with Crippen molar-refractivity contribution in [2.24, 2.45) is 5.92 Å². The van der Waals surface area contributed by atoms with Crippen LogP contribution in [0.25, 0.3) is 0 Å². The van der Waals surface area contributed by atoms with Crippen LogP contribution in [0, 0.1) is 19.8 Å². The van der Waals surface area contributed by atoms with Crippen LogP contribution in [0.3, 0.4) is 0 Å². The fraction of sp³-hybridized carbons (Fsp3) is 0.778. The molecule has 132 valence electrons. The normalized spacial score (nSPS) is 28.3. The summed E-state index contributed by atoms with van der Waals surface area (Å²) in [5.74, 6) is 2.61. The first kappa shape index (κ1) is 16.1. The smallest absolute Gasteiger partial charge is 0.227 e. The van der Waals surface area contributed by atoms with Crippen LogP contribution < -0.4 is 9.80 Å². The molecule has 0 radical (unpaired) electrons. The first-order chi connectivity index (χ1) is 11.6. The summed E-state index contributed by atoms with van der Waals surface area (Å²) in [4.78, 5) is 17.1. The third-order valence-corrected chi connectivity index (χ3v) is 5.78. The summed E-state index contributed by atoms with van der Waals surface area (Å²) < 4.78 is 5.87. The van der Waals surface area contributed by atoms with Gasteiger partial charge in [0, 0.05) is 49.9 Å². The third-order valence-electron chi connectivity index (χ3n) is 5.78. The minimum absolute atomic E-state index is 0.447. The minimum atomic E-state index is 0.447. The molecule has 6 nitrogen and oxygen atoms in total. The van der Waals surface area contributed by atoms with Gasteiger partial charge in [-0.25, -0.2) is 4.98 Å². The van der Waals surface area contributed by atoms with Crippen LogP contribution in [0.4, 0.5) is 11.8 Å². The molecule has 0 saturated carbocycles. The van der Waals surface area contributed by atoms with Crippen molar-refractivity contribution in [3.05, 3.63) is 11.3 Å². The summed E-state index contributed by atoms with van der Waals surface area (Å²) >= 11 is 0. The van der Waals surface area contributed by atoms with Gasteiger partial charge < -0.3 is 14.5 Å². The molecule has 2 atom stereocenters. The van der Waals surface area contributed by atoms with Crippen molar-refractivity contribution >= 4 is 11.8 Å². The number of anilines is 2. The highest BCUT2D eigenvalue weighted by molar-refractivity contribution is 5.53. The number of ether oxygens (including phenoxy) is 1. The average molecular weight is 331 g/mol. The summed E-state index contributed by atoms with van der Waals surface area (Å²) in [5, 5.41) is 0. The molecule has 6 heteroatoms. The minimum Gasteiger partial charge on any atom is -0.379 e. The Hall–Kier alpha value is -1.40. The van der Waals surface area contributed by atoms with E-state index >= 15 is 0 Å². The highest BCUT2D eigenvalue weighted by Gasteiger charge is 2.33. The molecule has 2 bridgehead atoms. The highest BCUT2D eigenvalue weighted by Crippen LogP contribution is 2.28. The van der Waals surface area contributed by atoms with Crippen molar-refractivity contribution in [1.29, 1.82) is 0 Å². The highest BCUT2D eigenvalue weighted by atomic mass is 16.5. The van der Waals surface area contributed by atoms with Gasteiger partial charge in [-0.2, -0.15) is 4.98 Å². The molecule has 4 rings (SSSR count). The van der Waals surface area contributed by atoms with E-state index in [0.29, 0.717) is 12.0 Å². The molecule has 1 aromatic rings. The number of aryl methyl sites for hydroxylation is 1. The van der Waals surface area contributed by atoms with E-state index < -0.39 is 0 Å². The topological polar surface area (TPSA) is 44.7 Å². The molecule has 0 aliphatic carbocycles. The van der Waals surface area contributed by atoms with Gasteiger partial charge in [0.15, 0.2) is 0 Å². The molecule has 24 heavy (non-hydrogen) atoms. The SMILES string of the molecule is Cc1nc(N2CCCC2)nc(N2C[C@@H]3COC[C@H](C2)N(C)C3)c1C. The van der Waals surface area contributed by atoms with Gasteiger partial charge in [0.25, 0.3) is 0 Å². The molecule has 3 fully saturated rings. The number of rotatable bonds is 2. The van der Waals surface area contributed by atoms with Crippen LogP contribution in [0.5, 0.6) is 0 Å². The Morgan fingerprint density at radius 3 is 2.54 bits per heavy atom. The van der Waals surface area contributed by atoms with Gasteiger partial charge in [-0.05, 0) is 33.7 Å². The lowest BCUT2D eigenvalue weighted by Crippen LogP contribution is -2.43. The van der Waals surface area contributed by atoms with E-state index in [1.807, 2.05) is 0 Å². The second-order valence-electron chi connectivity index (χ2n) is 7.65. The Labute approximate surface area is 144 Å². The second kappa shape index (κ2) is 6.48. The summed E-state index contributed by atoms with van der Waals surface area (Å²) in [6.45, 7) is 11.3. The molecule has 0 aromatic carbocycles. The maximum atomic E-state index is 5.87. The van der Waals surface area contributed by atoms with Crippen molar-refractivity contribution in [3.8, 4) is 0 Å². The Balaban J connectivity index is 1.67. The van der Waals surface area contributed by atoms with E-state index in [1.54, 1.807) is 0 Å². The van der Waals surface area contributed by atoms with Crippen LogP contribution in [0.15, 0.2) is 0 Å². The molecule has 0 amide bonds. The first-order valence-electron chi connectivity index (χ1n) is 9.25. The number of nitrogens with zero attached hydrogens (tertiary/aromatic N) is 5. The zero-order chi connectivity index (χ0) is 16.7. The predicted octanol–water partition coefficient (Wildman–Crippen LogP) is 1.46. The second-order valence-corrected chi connectivity index (χ2v) is 7.65. The molecule has 0 N–H and O–H groups in total. The van der Waals surface area contributed by atoms with Gasteiger partial charge in [0.05, 0.1) is 19.3 Å². The Morgan fingerprint density at radius 1 is 0.958 bits per heavy atom. The molecule has 3 saturated heterocycles. The zero-order valence-corrected chi connectivity index (χ0v) is 15.2. The standard InChI is InChI=1S/C18H29N5O/c1-13-14(2)19-18(22-6-4-5-7-22)20-17(13)23-9-15-8-21(3)16(10-23)12-24-11-15/h15-16H,4-12H2,1-3H3/t15-,16+/m1/s1. The maximum absolute atomic E-state index is 5.87. The molecule has 0 spiro atoms. The number of aromatic nitrogens is 2. The van der Waals surface area contributed by atoms with Crippen molar-refractivity contribution in [3.63, 3.8) is 0 Å². The van der Waals surface area contributed by atoms with E-state index in [2.05, 4.69) is 35.6 Å². The van der Waals surface area contributed by atoms with Gasteiger partial charge in [0.2, 0.25) is 5.95 Å².